The minimum absolute atomic E-state index is 0. The topological polar surface area (TPSA) is 64.2 Å². The zero-order valence-electron chi connectivity index (χ0n) is 14.5. The molecule has 1 aromatic carbocycles. The highest BCUT2D eigenvalue weighted by molar-refractivity contribution is 5.95. The number of hydrogen-bond acceptors (Lipinski definition) is 3. The largest absolute Gasteiger partial charge is 0.338 e. The molecule has 25 heavy (non-hydrogen) atoms. The smallest absolute Gasteiger partial charge is 0.257 e. The van der Waals surface area contributed by atoms with E-state index in [9.17, 15) is 4.79 Å². The van der Waals surface area contributed by atoms with Gasteiger partial charge in [-0.2, -0.15) is 5.10 Å². The zero-order valence-corrected chi connectivity index (χ0v) is 15.3. The van der Waals surface area contributed by atoms with Crippen LogP contribution in [0.4, 0.5) is 0 Å². The molecule has 2 atom stereocenters. The Kier molecular flexibility index (Phi) is 5.16. The number of halogens is 1. The molecule has 4 rings (SSSR count). The summed E-state index contributed by atoms with van der Waals surface area (Å²) in [6.45, 7) is 2.07. The second-order valence-electron chi connectivity index (χ2n) is 7.06. The van der Waals surface area contributed by atoms with E-state index >= 15 is 0 Å². The van der Waals surface area contributed by atoms with Gasteiger partial charge in [0.15, 0.2) is 0 Å². The SMILES string of the molecule is Cl.Cn1ncc(C(=O)N2C[C@@H](CN)[C@H](c3ccccc3)C2)c1C1CC1. The van der Waals surface area contributed by atoms with E-state index in [2.05, 4.69) is 29.4 Å². The van der Waals surface area contributed by atoms with E-state index in [-0.39, 0.29) is 18.3 Å². The lowest BCUT2D eigenvalue weighted by molar-refractivity contribution is 0.0785. The predicted molar refractivity (Wildman–Crippen MR) is 100 cm³/mol. The van der Waals surface area contributed by atoms with Crippen molar-refractivity contribution in [2.75, 3.05) is 19.6 Å². The molecule has 2 heterocycles. The third-order valence-corrected chi connectivity index (χ3v) is 5.44. The molecule has 6 heteroatoms. The van der Waals surface area contributed by atoms with Gasteiger partial charge in [-0.15, -0.1) is 12.4 Å². The van der Waals surface area contributed by atoms with Crippen LogP contribution in [0.5, 0.6) is 0 Å². The lowest BCUT2D eigenvalue weighted by Crippen LogP contribution is -2.30. The number of likely N-dealkylation sites (tertiary alicyclic amines) is 1. The Hall–Kier alpha value is -1.85. The van der Waals surface area contributed by atoms with Gasteiger partial charge in [-0.3, -0.25) is 9.48 Å². The second kappa shape index (κ2) is 7.18. The van der Waals surface area contributed by atoms with Gasteiger partial charge >= 0.3 is 0 Å². The molecule has 2 aromatic rings. The number of carbonyl (C=O) groups is 1. The van der Waals surface area contributed by atoms with E-state index in [0.717, 1.165) is 37.2 Å². The van der Waals surface area contributed by atoms with E-state index in [1.807, 2.05) is 22.7 Å². The quantitative estimate of drug-likeness (QED) is 0.911. The first-order valence-corrected chi connectivity index (χ1v) is 8.75. The monoisotopic (exact) mass is 360 g/mol. The maximum atomic E-state index is 13.1. The molecule has 1 saturated carbocycles. The highest BCUT2D eigenvalue weighted by Gasteiger charge is 2.38. The number of rotatable bonds is 4. The fourth-order valence-corrected chi connectivity index (χ4v) is 3.98. The van der Waals surface area contributed by atoms with Crippen LogP contribution >= 0.6 is 12.4 Å². The van der Waals surface area contributed by atoms with E-state index in [4.69, 9.17) is 5.73 Å². The number of amides is 1. The van der Waals surface area contributed by atoms with Gasteiger partial charge in [0, 0.05) is 32.0 Å². The van der Waals surface area contributed by atoms with Crippen LogP contribution in [0, 0.1) is 5.92 Å². The standard InChI is InChI=1S/C19H24N4O.ClH/c1-22-18(14-7-8-14)16(10-21-22)19(24)23-11-15(9-20)17(12-23)13-5-3-2-4-6-13;/h2-6,10,14-15,17H,7-9,11-12,20H2,1H3;1H/t15-,17+;/m1./s1. The highest BCUT2D eigenvalue weighted by Crippen LogP contribution is 2.42. The summed E-state index contributed by atoms with van der Waals surface area (Å²) in [6.07, 6.45) is 4.07. The van der Waals surface area contributed by atoms with Crippen LogP contribution in [0.25, 0.3) is 0 Å². The van der Waals surface area contributed by atoms with E-state index in [0.29, 0.717) is 24.3 Å². The lowest BCUT2D eigenvalue weighted by atomic mass is 9.89. The van der Waals surface area contributed by atoms with Crippen LogP contribution < -0.4 is 5.73 Å². The minimum Gasteiger partial charge on any atom is -0.338 e. The summed E-state index contributed by atoms with van der Waals surface area (Å²) in [5.74, 6) is 1.26. The van der Waals surface area contributed by atoms with Gasteiger partial charge in [0.2, 0.25) is 0 Å². The fraction of sp³-hybridized carbons (Fsp3) is 0.474. The number of carbonyl (C=O) groups excluding carboxylic acids is 1. The van der Waals surface area contributed by atoms with Gasteiger partial charge in [0.1, 0.15) is 0 Å². The summed E-state index contributed by atoms with van der Waals surface area (Å²) in [5.41, 5.74) is 9.16. The summed E-state index contributed by atoms with van der Waals surface area (Å²) in [5, 5.41) is 4.33. The van der Waals surface area contributed by atoms with Crippen molar-refractivity contribution in [3.63, 3.8) is 0 Å². The Labute approximate surface area is 154 Å². The van der Waals surface area contributed by atoms with Crippen molar-refractivity contribution in [1.82, 2.24) is 14.7 Å². The molecule has 1 saturated heterocycles. The average Bonchev–Trinajstić information content (AvgIpc) is 3.23. The predicted octanol–water partition coefficient (Wildman–Crippen LogP) is 2.53. The molecule has 0 spiro atoms. The first-order chi connectivity index (χ1) is 11.7. The molecule has 2 fully saturated rings. The van der Waals surface area contributed by atoms with Crippen molar-refractivity contribution < 1.29 is 4.79 Å². The van der Waals surface area contributed by atoms with Crippen LogP contribution in [0.3, 0.4) is 0 Å². The van der Waals surface area contributed by atoms with Crippen molar-refractivity contribution in [3.05, 3.63) is 53.3 Å². The van der Waals surface area contributed by atoms with Crippen LogP contribution in [-0.2, 0) is 7.05 Å². The molecule has 0 unspecified atom stereocenters. The molecule has 1 aliphatic carbocycles. The number of aromatic nitrogens is 2. The molecule has 134 valence electrons. The van der Waals surface area contributed by atoms with Crippen molar-refractivity contribution in [1.29, 1.82) is 0 Å². The van der Waals surface area contributed by atoms with Gasteiger partial charge in [-0.1, -0.05) is 30.3 Å². The number of nitrogens with zero attached hydrogens (tertiary/aromatic N) is 3. The van der Waals surface area contributed by atoms with Crippen molar-refractivity contribution >= 4 is 18.3 Å². The van der Waals surface area contributed by atoms with Crippen molar-refractivity contribution in [3.8, 4) is 0 Å². The molecule has 2 N–H and O–H groups in total. The molecular formula is C19H25ClN4O. The molecule has 1 aliphatic heterocycles. The molecule has 1 aromatic heterocycles. The van der Waals surface area contributed by atoms with E-state index in [1.54, 1.807) is 6.20 Å². The maximum Gasteiger partial charge on any atom is 0.257 e. The summed E-state index contributed by atoms with van der Waals surface area (Å²) in [7, 11) is 1.93. The normalized spacial score (nSPS) is 22.7. The summed E-state index contributed by atoms with van der Waals surface area (Å²) < 4.78 is 1.87. The van der Waals surface area contributed by atoms with Crippen LogP contribution in [-0.4, -0.2) is 40.2 Å². The molecule has 5 nitrogen and oxygen atoms in total. The number of hydrogen-bond donors (Lipinski definition) is 1. The second-order valence-corrected chi connectivity index (χ2v) is 7.06. The maximum absolute atomic E-state index is 13.1. The average molecular weight is 361 g/mol. The van der Waals surface area contributed by atoms with Crippen LogP contribution in [0.2, 0.25) is 0 Å². The summed E-state index contributed by atoms with van der Waals surface area (Å²) in [4.78, 5) is 15.1. The number of benzene rings is 1. The Bertz CT molecular complexity index is 741. The van der Waals surface area contributed by atoms with E-state index in [1.165, 1.54) is 5.56 Å². The van der Waals surface area contributed by atoms with Crippen molar-refractivity contribution in [2.24, 2.45) is 18.7 Å². The van der Waals surface area contributed by atoms with Crippen molar-refractivity contribution in [2.45, 2.75) is 24.7 Å². The number of aryl methyl sites for hydroxylation is 1. The Morgan fingerprint density at radius 1 is 1.24 bits per heavy atom. The van der Waals surface area contributed by atoms with Gasteiger partial charge in [0.05, 0.1) is 17.5 Å². The van der Waals surface area contributed by atoms with Crippen LogP contribution in [0.15, 0.2) is 36.5 Å². The Balaban J connectivity index is 0.00000182. The first kappa shape index (κ1) is 18.0. The Morgan fingerprint density at radius 3 is 2.60 bits per heavy atom. The fourth-order valence-electron chi connectivity index (χ4n) is 3.98. The zero-order chi connectivity index (χ0) is 16.7. The molecular weight excluding hydrogens is 336 g/mol. The van der Waals surface area contributed by atoms with Gasteiger partial charge in [-0.05, 0) is 30.9 Å². The highest BCUT2D eigenvalue weighted by atomic mass is 35.5. The van der Waals surface area contributed by atoms with Gasteiger partial charge < -0.3 is 10.6 Å². The molecule has 2 aliphatic rings. The third kappa shape index (κ3) is 3.31. The lowest BCUT2D eigenvalue weighted by Gasteiger charge is -2.17. The number of nitrogens with two attached hydrogens (primary N) is 1. The molecule has 1 amide bonds. The first-order valence-electron chi connectivity index (χ1n) is 8.75. The molecule has 0 bridgehead atoms. The summed E-state index contributed by atoms with van der Waals surface area (Å²) >= 11 is 0. The van der Waals surface area contributed by atoms with Gasteiger partial charge in [0.25, 0.3) is 5.91 Å². The Morgan fingerprint density at radius 2 is 1.96 bits per heavy atom. The van der Waals surface area contributed by atoms with E-state index < -0.39 is 0 Å². The summed E-state index contributed by atoms with van der Waals surface area (Å²) in [6, 6.07) is 10.4. The molecule has 0 radical (unpaired) electrons. The third-order valence-electron chi connectivity index (χ3n) is 5.44. The van der Waals surface area contributed by atoms with Crippen LogP contribution in [0.1, 0.15) is 46.3 Å². The minimum atomic E-state index is 0. The van der Waals surface area contributed by atoms with Gasteiger partial charge in [-0.25, -0.2) is 0 Å².